The van der Waals surface area contributed by atoms with Crippen molar-refractivity contribution in [2.75, 3.05) is 54.6 Å². The third kappa shape index (κ3) is 4.60. The molecule has 0 saturated carbocycles. The second-order valence-electron chi connectivity index (χ2n) is 5.55. The van der Waals surface area contributed by atoms with Crippen molar-refractivity contribution in [3.63, 3.8) is 0 Å². The Morgan fingerprint density at radius 2 is 2.08 bits per heavy atom. The topological polar surface area (TPSA) is 99.1 Å². The van der Waals surface area contributed by atoms with Gasteiger partial charge in [-0.15, -0.1) is 0 Å². The molecule has 0 unspecified atom stereocenters. The number of anilines is 2. The molecule has 1 fully saturated rings. The molecular weight excluding hydrogens is 364 g/mol. The smallest absolute Gasteiger partial charge is 0.225 e. The molecule has 3 heterocycles. The first kappa shape index (κ1) is 18.4. The first-order valence-corrected chi connectivity index (χ1v) is 10.2. The second-order valence-corrected chi connectivity index (χ2v) is 7.58. The minimum atomic E-state index is -0.760. The van der Waals surface area contributed by atoms with Crippen LogP contribution in [0.15, 0.2) is 6.33 Å². The van der Waals surface area contributed by atoms with Crippen molar-refractivity contribution >= 4 is 45.4 Å². The van der Waals surface area contributed by atoms with Gasteiger partial charge in [0.1, 0.15) is 28.9 Å². The van der Waals surface area contributed by atoms with E-state index in [1.807, 2.05) is 6.92 Å². The fraction of sp³-hybridized carbons (Fsp3) is 0.600. The van der Waals surface area contributed by atoms with Gasteiger partial charge >= 0.3 is 0 Å². The summed E-state index contributed by atoms with van der Waals surface area (Å²) in [6, 6.07) is 0. The van der Waals surface area contributed by atoms with Gasteiger partial charge in [-0.25, -0.2) is 15.0 Å². The van der Waals surface area contributed by atoms with Crippen LogP contribution in [0.1, 0.15) is 13.3 Å². The summed E-state index contributed by atoms with van der Waals surface area (Å²) in [5.74, 6) is 2.55. The molecule has 0 spiro atoms. The van der Waals surface area contributed by atoms with Crippen LogP contribution in [0.4, 0.5) is 11.6 Å². The van der Waals surface area contributed by atoms with Gasteiger partial charge in [0.25, 0.3) is 0 Å². The van der Waals surface area contributed by atoms with E-state index in [0.717, 1.165) is 6.42 Å². The average molecular weight is 385 g/mol. The van der Waals surface area contributed by atoms with Crippen LogP contribution < -0.4 is 10.2 Å². The van der Waals surface area contributed by atoms with Gasteiger partial charge < -0.3 is 19.5 Å². The van der Waals surface area contributed by atoms with Crippen molar-refractivity contribution in [3.8, 4) is 0 Å². The number of ether oxygens (including phenoxy) is 1. The van der Waals surface area contributed by atoms with Gasteiger partial charge in [0, 0.05) is 19.8 Å². The Hall–Kier alpha value is -1.42. The van der Waals surface area contributed by atoms with Crippen LogP contribution in [0.5, 0.6) is 0 Å². The van der Waals surface area contributed by atoms with Crippen LogP contribution in [0.3, 0.4) is 0 Å². The number of fused-ring (bicyclic) bond motifs is 1. The summed E-state index contributed by atoms with van der Waals surface area (Å²) in [5.41, 5.74) is 1.25. The monoisotopic (exact) mass is 384 g/mol. The Kier molecular flexibility index (Phi) is 6.46. The molecule has 0 radical (unpaired) electrons. The van der Waals surface area contributed by atoms with Crippen LogP contribution in [0.2, 0.25) is 5.28 Å². The standard InChI is InChI=1S/C15H21ClN6O2S/c1-2-24-7-3-4-17-13-11-12(18-10-19-13)14(21-15(16)20-11)22-5-8-25(23)9-6-22/h10H,2-9H2,1H3,(H,17,18,19). The van der Waals surface area contributed by atoms with Gasteiger partial charge in [0.2, 0.25) is 5.28 Å². The summed E-state index contributed by atoms with van der Waals surface area (Å²) in [7, 11) is 0. The largest absolute Gasteiger partial charge is 0.616 e. The Bertz CT molecular complexity index is 714. The molecule has 1 saturated heterocycles. The summed E-state index contributed by atoms with van der Waals surface area (Å²) in [6.45, 7) is 5.42. The fourth-order valence-corrected chi connectivity index (χ4v) is 3.85. The molecule has 0 amide bonds. The van der Waals surface area contributed by atoms with Crippen molar-refractivity contribution in [2.45, 2.75) is 13.3 Å². The number of hydrogen-bond acceptors (Lipinski definition) is 8. The summed E-state index contributed by atoms with van der Waals surface area (Å²) in [4.78, 5) is 19.4. The van der Waals surface area contributed by atoms with Crippen LogP contribution in [0, 0.1) is 0 Å². The molecule has 0 aliphatic carbocycles. The maximum atomic E-state index is 11.6. The Morgan fingerprint density at radius 1 is 1.28 bits per heavy atom. The first-order valence-electron chi connectivity index (χ1n) is 8.29. The minimum absolute atomic E-state index is 0.154. The maximum absolute atomic E-state index is 11.6. The maximum Gasteiger partial charge on any atom is 0.225 e. The molecule has 136 valence electrons. The van der Waals surface area contributed by atoms with E-state index >= 15 is 0 Å². The van der Waals surface area contributed by atoms with Crippen molar-refractivity contribution in [1.82, 2.24) is 19.9 Å². The number of aromatic nitrogens is 4. The quantitative estimate of drug-likeness (QED) is 0.435. The van der Waals surface area contributed by atoms with Crippen LogP contribution in [0.25, 0.3) is 11.0 Å². The minimum Gasteiger partial charge on any atom is -0.616 e. The van der Waals surface area contributed by atoms with Crippen LogP contribution in [-0.2, 0) is 15.9 Å². The molecule has 2 aromatic heterocycles. The normalized spacial score (nSPS) is 15.7. The molecule has 1 aliphatic heterocycles. The average Bonchev–Trinajstić information content (AvgIpc) is 2.62. The van der Waals surface area contributed by atoms with E-state index < -0.39 is 11.2 Å². The van der Waals surface area contributed by atoms with Crippen molar-refractivity contribution in [3.05, 3.63) is 11.6 Å². The number of rotatable bonds is 7. The molecule has 0 aromatic carbocycles. The van der Waals surface area contributed by atoms with Crippen molar-refractivity contribution < 1.29 is 9.29 Å². The Morgan fingerprint density at radius 3 is 2.84 bits per heavy atom. The van der Waals surface area contributed by atoms with Crippen molar-refractivity contribution in [2.24, 2.45) is 0 Å². The van der Waals surface area contributed by atoms with E-state index in [-0.39, 0.29) is 5.28 Å². The van der Waals surface area contributed by atoms with Gasteiger partial charge in [-0.1, -0.05) is 11.2 Å². The molecular formula is C15H21ClN6O2S. The van der Waals surface area contributed by atoms with E-state index in [1.54, 1.807) is 0 Å². The molecule has 0 atom stereocenters. The molecule has 25 heavy (non-hydrogen) atoms. The molecule has 10 heteroatoms. The fourth-order valence-electron chi connectivity index (χ4n) is 2.63. The highest BCUT2D eigenvalue weighted by molar-refractivity contribution is 7.91. The van der Waals surface area contributed by atoms with E-state index in [1.165, 1.54) is 6.33 Å². The highest BCUT2D eigenvalue weighted by Crippen LogP contribution is 2.28. The lowest BCUT2D eigenvalue weighted by atomic mass is 10.3. The van der Waals surface area contributed by atoms with E-state index in [9.17, 15) is 4.55 Å². The zero-order chi connectivity index (χ0) is 17.6. The molecule has 3 rings (SSSR count). The lowest BCUT2D eigenvalue weighted by Crippen LogP contribution is -2.41. The van der Waals surface area contributed by atoms with Crippen LogP contribution >= 0.6 is 11.6 Å². The zero-order valence-corrected chi connectivity index (χ0v) is 15.6. The number of hydrogen-bond donors (Lipinski definition) is 1. The van der Waals surface area contributed by atoms with Gasteiger partial charge in [-0.05, 0) is 24.9 Å². The van der Waals surface area contributed by atoms with Crippen LogP contribution in [-0.4, -0.2) is 68.8 Å². The SMILES string of the molecule is CCOCCCNc1ncnc2c(N3CC[S+]([O-])CC3)nc(Cl)nc12. The molecule has 1 N–H and O–H groups in total. The highest BCUT2D eigenvalue weighted by Gasteiger charge is 2.24. The van der Waals surface area contributed by atoms with Crippen molar-refractivity contribution in [1.29, 1.82) is 0 Å². The molecule has 1 aliphatic rings. The Labute approximate surface area is 154 Å². The van der Waals surface area contributed by atoms with E-state index in [2.05, 4.69) is 30.2 Å². The van der Waals surface area contributed by atoms with E-state index in [0.29, 0.717) is 67.0 Å². The molecule has 2 aromatic rings. The third-order valence-corrected chi connectivity index (χ3v) is 5.32. The van der Waals surface area contributed by atoms with Gasteiger partial charge in [-0.2, -0.15) is 4.98 Å². The predicted octanol–water partition coefficient (Wildman–Crippen LogP) is 1.48. The van der Waals surface area contributed by atoms with Gasteiger partial charge in [0.05, 0.1) is 13.1 Å². The lowest BCUT2D eigenvalue weighted by Gasteiger charge is -2.29. The first-order chi connectivity index (χ1) is 12.2. The third-order valence-electron chi connectivity index (χ3n) is 3.88. The van der Waals surface area contributed by atoms with Gasteiger partial charge in [-0.3, -0.25) is 0 Å². The molecule has 0 bridgehead atoms. The summed E-state index contributed by atoms with van der Waals surface area (Å²) in [6.07, 6.45) is 2.36. The number of halogens is 1. The Balaban J connectivity index is 1.83. The number of nitrogens with zero attached hydrogens (tertiary/aromatic N) is 5. The highest BCUT2D eigenvalue weighted by atomic mass is 35.5. The second kappa shape index (κ2) is 8.79. The van der Waals surface area contributed by atoms with Gasteiger partial charge in [0.15, 0.2) is 11.6 Å². The predicted molar refractivity (Wildman–Crippen MR) is 99.8 cm³/mol. The summed E-state index contributed by atoms with van der Waals surface area (Å²) >= 11 is 5.37. The number of nitrogens with one attached hydrogen (secondary N) is 1. The summed E-state index contributed by atoms with van der Waals surface area (Å²) < 4.78 is 16.9. The van der Waals surface area contributed by atoms with E-state index in [4.69, 9.17) is 16.3 Å². The summed E-state index contributed by atoms with van der Waals surface area (Å²) in [5, 5.41) is 3.42. The lowest BCUT2D eigenvalue weighted by molar-refractivity contribution is 0.147. The zero-order valence-electron chi connectivity index (χ0n) is 14.1. The molecule has 8 nitrogen and oxygen atoms in total.